The van der Waals surface area contributed by atoms with Gasteiger partial charge in [-0.05, 0) is 40.3 Å². The van der Waals surface area contributed by atoms with Crippen LogP contribution in [0.5, 0.6) is 0 Å². The minimum Gasteiger partial charge on any atom is -0.481 e. The normalized spacial score (nSPS) is 10.9. The fraction of sp³-hybridized carbons (Fsp3) is 0.438. The van der Waals surface area contributed by atoms with Crippen molar-refractivity contribution in [1.82, 2.24) is 15.6 Å². The van der Waals surface area contributed by atoms with Crippen molar-refractivity contribution < 1.29 is 19.8 Å². The first-order valence-corrected chi connectivity index (χ1v) is 9.29. The zero-order valence-corrected chi connectivity index (χ0v) is 16.4. The zero-order chi connectivity index (χ0) is 19.2. The Labute approximate surface area is 155 Å². The van der Waals surface area contributed by atoms with Gasteiger partial charge in [0.25, 0.3) is 0 Å². The van der Waals surface area contributed by atoms with Gasteiger partial charge in [-0.1, -0.05) is 23.9 Å². The Balaban J connectivity index is 0.000000844. The SMILES string of the molecule is CNC.CNC.O=C(O)CC(CSc1nc2ccccc2s1)C(=O)O. The molecule has 2 aromatic rings. The molecule has 1 aromatic carbocycles. The number of benzene rings is 1. The maximum atomic E-state index is 10.9. The van der Waals surface area contributed by atoms with Crippen LogP contribution in [0.1, 0.15) is 6.42 Å². The molecular formula is C16H25N3O4S2. The van der Waals surface area contributed by atoms with E-state index < -0.39 is 17.9 Å². The van der Waals surface area contributed by atoms with Gasteiger partial charge < -0.3 is 20.8 Å². The van der Waals surface area contributed by atoms with Gasteiger partial charge in [-0.15, -0.1) is 11.3 Å². The second-order valence-electron chi connectivity index (χ2n) is 4.89. The van der Waals surface area contributed by atoms with Gasteiger partial charge in [-0.3, -0.25) is 9.59 Å². The first-order chi connectivity index (χ1) is 11.9. The van der Waals surface area contributed by atoms with Crippen molar-refractivity contribution in [2.75, 3.05) is 33.9 Å². The number of aliphatic carboxylic acids is 2. The molecule has 1 atom stereocenters. The second kappa shape index (κ2) is 13.6. The van der Waals surface area contributed by atoms with Crippen molar-refractivity contribution in [3.63, 3.8) is 0 Å². The van der Waals surface area contributed by atoms with Crippen LogP contribution in [0.4, 0.5) is 0 Å². The van der Waals surface area contributed by atoms with Crippen LogP contribution in [0.15, 0.2) is 28.6 Å². The lowest BCUT2D eigenvalue weighted by atomic mass is 10.1. The molecule has 0 aliphatic heterocycles. The summed E-state index contributed by atoms with van der Waals surface area (Å²) in [5.74, 6) is -2.87. The zero-order valence-electron chi connectivity index (χ0n) is 14.8. The molecule has 0 bridgehead atoms. The van der Waals surface area contributed by atoms with Crippen LogP contribution in [0, 0.1) is 5.92 Å². The van der Waals surface area contributed by atoms with Crippen molar-refractivity contribution >= 4 is 45.3 Å². The molecule has 9 heteroatoms. The van der Waals surface area contributed by atoms with Gasteiger partial charge in [0.15, 0.2) is 4.34 Å². The Morgan fingerprint density at radius 3 is 2.20 bits per heavy atom. The molecule has 0 aliphatic carbocycles. The third-order valence-electron chi connectivity index (χ3n) is 2.45. The molecule has 1 aromatic heterocycles. The molecule has 1 heterocycles. The van der Waals surface area contributed by atoms with E-state index in [2.05, 4.69) is 15.6 Å². The van der Waals surface area contributed by atoms with E-state index in [1.165, 1.54) is 23.1 Å². The van der Waals surface area contributed by atoms with Crippen molar-refractivity contribution in [1.29, 1.82) is 0 Å². The first-order valence-electron chi connectivity index (χ1n) is 7.49. The van der Waals surface area contributed by atoms with E-state index in [4.69, 9.17) is 10.2 Å². The average molecular weight is 388 g/mol. The summed E-state index contributed by atoms with van der Waals surface area (Å²) in [6.07, 6.45) is -0.368. The molecular weight excluding hydrogens is 362 g/mol. The number of carbonyl (C=O) groups is 2. The van der Waals surface area contributed by atoms with E-state index in [0.29, 0.717) is 0 Å². The van der Waals surface area contributed by atoms with E-state index in [-0.39, 0.29) is 12.2 Å². The minimum atomic E-state index is -1.10. The highest BCUT2D eigenvalue weighted by molar-refractivity contribution is 8.01. The third kappa shape index (κ3) is 10.0. The summed E-state index contributed by atoms with van der Waals surface area (Å²) in [7, 11) is 7.50. The van der Waals surface area contributed by atoms with E-state index in [1.807, 2.05) is 52.5 Å². The molecule has 25 heavy (non-hydrogen) atoms. The lowest BCUT2D eigenvalue weighted by Crippen LogP contribution is -2.19. The van der Waals surface area contributed by atoms with Crippen LogP contribution in [0.3, 0.4) is 0 Å². The van der Waals surface area contributed by atoms with E-state index >= 15 is 0 Å². The number of para-hydroxylation sites is 1. The highest BCUT2D eigenvalue weighted by Gasteiger charge is 2.21. The summed E-state index contributed by atoms with van der Waals surface area (Å²) in [5.41, 5.74) is 0.875. The Morgan fingerprint density at radius 2 is 1.72 bits per heavy atom. The Kier molecular flexibility index (Phi) is 12.7. The molecule has 0 fully saturated rings. The Hall–Kier alpha value is -1.68. The first kappa shape index (κ1) is 23.3. The van der Waals surface area contributed by atoms with Gasteiger partial charge >= 0.3 is 11.9 Å². The predicted octanol–water partition coefficient (Wildman–Crippen LogP) is 2.24. The number of aromatic nitrogens is 1. The highest BCUT2D eigenvalue weighted by Crippen LogP contribution is 2.30. The second-order valence-corrected chi connectivity index (χ2v) is 7.19. The summed E-state index contributed by atoms with van der Waals surface area (Å²) >= 11 is 2.77. The molecule has 0 saturated carbocycles. The Morgan fingerprint density at radius 1 is 1.16 bits per heavy atom. The molecule has 7 nitrogen and oxygen atoms in total. The maximum Gasteiger partial charge on any atom is 0.307 e. The van der Waals surface area contributed by atoms with Gasteiger partial charge in [-0.25, -0.2) is 4.98 Å². The monoisotopic (exact) mass is 387 g/mol. The smallest absolute Gasteiger partial charge is 0.307 e. The van der Waals surface area contributed by atoms with Gasteiger partial charge in [0.1, 0.15) is 0 Å². The van der Waals surface area contributed by atoms with E-state index in [0.717, 1.165) is 14.6 Å². The van der Waals surface area contributed by atoms with Gasteiger partial charge in [-0.2, -0.15) is 0 Å². The summed E-state index contributed by atoms with van der Waals surface area (Å²) < 4.78 is 1.80. The van der Waals surface area contributed by atoms with E-state index in [9.17, 15) is 9.59 Å². The fourth-order valence-corrected chi connectivity index (χ4v) is 3.69. The van der Waals surface area contributed by atoms with Crippen molar-refractivity contribution in [3.8, 4) is 0 Å². The number of nitrogens with zero attached hydrogens (tertiary/aromatic N) is 1. The maximum absolute atomic E-state index is 10.9. The highest BCUT2D eigenvalue weighted by atomic mass is 32.2. The summed E-state index contributed by atoms with van der Waals surface area (Å²) in [5, 5.41) is 23.1. The number of carboxylic acids is 2. The lowest BCUT2D eigenvalue weighted by molar-refractivity contribution is -0.147. The van der Waals surface area contributed by atoms with Gasteiger partial charge in [0.05, 0.1) is 22.6 Å². The topological polar surface area (TPSA) is 112 Å². The number of thioether (sulfide) groups is 1. The number of hydrogen-bond acceptors (Lipinski definition) is 7. The van der Waals surface area contributed by atoms with Crippen LogP contribution in [-0.2, 0) is 9.59 Å². The van der Waals surface area contributed by atoms with Gasteiger partial charge in [0.2, 0.25) is 0 Å². The molecule has 0 saturated heterocycles. The van der Waals surface area contributed by atoms with Crippen molar-refractivity contribution in [2.45, 2.75) is 10.8 Å². The summed E-state index contributed by atoms with van der Waals surface area (Å²) in [6, 6.07) is 7.64. The predicted molar refractivity (Wildman–Crippen MR) is 104 cm³/mol. The number of hydrogen-bond donors (Lipinski definition) is 4. The van der Waals surface area contributed by atoms with Crippen LogP contribution in [-0.4, -0.2) is 61.1 Å². The number of nitrogens with one attached hydrogen (secondary N) is 2. The standard InChI is InChI=1S/C12H11NO4S2.2C2H7N/c14-10(15)5-7(11(16)17)6-18-12-13-8-3-1-2-4-9(8)19-12;2*1-3-2/h1-4,7H,5-6H2,(H,14,15)(H,16,17);2*3H,1-2H3. The molecule has 0 aliphatic rings. The van der Waals surface area contributed by atoms with Crippen molar-refractivity contribution in [3.05, 3.63) is 24.3 Å². The van der Waals surface area contributed by atoms with Crippen LogP contribution < -0.4 is 10.6 Å². The lowest BCUT2D eigenvalue weighted by Gasteiger charge is -2.07. The number of thiazole rings is 1. The van der Waals surface area contributed by atoms with Crippen LogP contribution in [0.25, 0.3) is 10.2 Å². The molecule has 0 spiro atoms. The molecule has 140 valence electrons. The number of carboxylic acid groups (broad SMARTS) is 2. The van der Waals surface area contributed by atoms with E-state index in [1.54, 1.807) is 0 Å². The molecule has 4 N–H and O–H groups in total. The third-order valence-corrected chi connectivity index (χ3v) is 4.79. The number of fused-ring (bicyclic) bond motifs is 1. The molecule has 0 amide bonds. The minimum absolute atomic E-state index is 0.210. The molecule has 1 unspecified atom stereocenters. The summed E-state index contributed by atoms with van der Waals surface area (Å²) in [6.45, 7) is 0. The van der Waals surface area contributed by atoms with Crippen LogP contribution >= 0.6 is 23.1 Å². The molecule has 0 radical (unpaired) electrons. The summed E-state index contributed by atoms with van der Waals surface area (Å²) in [4.78, 5) is 25.9. The largest absolute Gasteiger partial charge is 0.481 e. The van der Waals surface area contributed by atoms with Crippen molar-refractivity contribution in [2.24, 2.45) is 5.92 Å². The Bertz CT molecular complexity index is 614. The number of rotatable bonds is 6. The quantitative estimate of drug-likeness (QED) is 0.559. The molecule has 2 rings (SSSR count). The van der Waals surface area contributed by atoms with Crippen LogP contribution in [0.2, 0.25) is 0 Å². The average Bonchev–Trinajstić information content (AvgIpc) is 2.95. The fourth-order valence-electron chi connectivity index (χ4n) is 1.51. The van der Waals surface area contributed by atoms with Gasteiger partial charge in [0, 0.05) is 5.75 Å².